The third-order valence-corrected chi connectivity index (χ3v) is 9.21. The predicted octanol–water partition coefficient (Wildman–Crippen LogP) is 4.39. The molecule has 1 aromatic heterocycles. The number of rotatable bonds is 7. The van der Waals surface area contributed by atoms with Gasteiger partial charge in [-0.1, -0.05) is 12.1 Å². The number of carbonyl (C=O) groups is 1. The van der Waals surface area contributed by atoms with Crippen LogP contribution in [0.5, 0.6) is 5.75 Å². The molecule has 1 aromatic carbocycles. The van der Waals surface area contributed by atoms with E-state index >= 15 is 0 Å². The van der Waals surface area contributed by atoms with Crippen molar-refractivity contribution in [1.29, 1.82) is 0 Å². The van der Waals surface area contributed by atoms with Gasteiger partial charge in [-0.2, -0.15) is 13.2 Å². The Morgan fingerprint density at radius 2 is 1.81 bits per heavy atom. The lowest BCUT2D eigenvalue weighted by atomic mass is 10.0. The summed E-state index contributed by atoms with van der Waals surface area (Å²) in [5.74, 6) is 1.18. The average Bonchev–Trinajstić information content (AvgIpc) is 3.52. The predicted molar refractivity (Wildman–Crippen MR) is 155 cm³/mol. The van der Waals surface area contributed by atoms with E-state index in [-0.39, 0.29) is 35.7 Å². The quantitative estimate of drug-likeness (QED) is 0.518. The standard InChI is InChI=1S/C31H39F3N6O2/c1-30(10-11-30)37-28-27-23(31(32,33)34)6-7-24(27)35-26(36-28)19-20-4-5-21(18-25(20)42-3)29(41)40-12-8-22(9-13-40)39-16-14-38(2)15-17-39/h4-6,18,22H,7-17,19H2,1-3H3,(H,35,36,37). The van der Waals surface area contributed by atoms with Crippen LogP contribution < -0.4 is 10.1 Å². The van der Waals surface area contributed by atoms with Crippen molar-refractivity contribution in [3.63, 3.8) is 0 Å². The van der Waals surface area contributed by atoms with Gasteiger partial charge in [-0.25, -0.2) is 9.97 Å². The number of ether oxygens (including phenoxy) is 1. The Kier molecular flexibility index (Phi) is 7.67. The molecule has 0 radical (unpaired) electrons. The molecule has 2 aromatic rings. The van der Waals surface area contributed by atoms with Crippen LogP contribution in [0.3, 0.4) is 0 Å². The summed E-state index contributed by atoms with van der Waals surface area (Å²) in [6.07, 6.45) is 0.809. The van der Waals surface area contributed by atoms with Crippen LogP contribution in [0.25, 0.3) is 5.57 Å². The molecule has 0 spiro atoms. The molecule has 0 bridgehead atoms. The van der Waals surface area contributed by atoms with E-state index < -0.39 is 11.7 Å². The molecule has 3 fully saturated rings. The van der Waals surface area contributed by atoms with Crippen LogP contribution in [-0.4, -0.2) is 102 Å². The number of anilines is 1. The van der Waals surface area contributed by atoms with Crippen LogP contribution in [0.4, 0.5) is 19.0 Å². The monoisotopic (exact) mass is 584 g/mol. The van der Waals surface area contributed by atoms with Crippen molar-refractivity contribution in [1.82, 2.24) is 24.7 Å². The number of alkyl halides is 3. The summed E-state index contributed by atoms with van der Waals surface area (Å²) in [6, 6.07) is 5.92. The fourth-order valence-corrected chi connectivity index (χ4v) is 6.31. The van der Waals surface area contributed by atoms with Crippen LogP contribution >= 0.6 is 0 Å². The average molecular weight is 585 g/mol. The second-order valence-corrected chi connectivity index (χ2v) is 12.4. The Labute approximate surface area is 244 Å². The smallest absolute Gasteiger partial charge is 0.416 e. The van der Waals surface area contributed by atoms with Crippen molar-refractivity contribution in [2.75, 3.05) is 58.7 Å². The summed E-state index contributed by atoms with van der Waals surface area (Å²) in [5.41, 5.74) is 0.842. The Morgan fingerprint density at radius 3 is 2.45 bits per heavy atom. The van der Waals surface area contributed by atoms with E-state index in [0.29, 0.717) is 28.9 Å². The van der Waals surface area contributed by atoms with Crippen LogP contribution in [0.2, 0.25) is 0 Å². The van der Waals surface area contributed by atoms with Crippen molar-refractivity contribution >= 4 is 17.3 Å². The van der Waals surface area contributed by atoms with Gasteiger partial charge in [0.05, 0.1) is 23.9 Å². The van der Waals surface area contributed by atoms with Gasteiger partial charge in [-0.3, -0.25) is 9.69 Å². The van der Waals surface area contributed by atoms with E-state index in [9.17, 15) is 18.0 Å². The first kappa shape index (κ1) is 28.9. The van der Waals surface area contributed by atoms with E-state index in [1.807, 2.05) is 17.9 Å². The lowest BCUT2D eigenvalue weighted by Gasteiger charge is -2.42. The second kappa shape index (κ2) is 11.1. The topological polar surface area (TPSA) is 73.8 Å². The summed E-state index contributed by atoms with van der Waals surface area (Å²) in [4.78, 5) is 29.4. The first-order valence-electron chi connectivity index (χ1n) is 14.9. The van der Waals surface area contributed by atoms with Gasteiger partial charge in [0.15, 0.2) is 0 Å². The normalized spacial score (nSPS) is 21.2. The number of amides is 1. The van der Waals surface area contributed by atoms with E-state index in [4.69, 9.17) is 4.74 Å². The number of aromatic nitrogens is 2. The molecule has 0 unspecified atom stereocenters. The molecule has 1 N–H and O–H groups in total. The van der Waals surface area contributed by atoms with Crippen LogP contribution in [-0.2, 0) is 12.8 Å². The van der Waals surface area contributed by atoms with Gasteiger partial charge in [0.2, 0.25) is 0 Å². The van der Waals surface area contributed by atoms with Gasteiger partial charge in [-0.15, -0.1) is 0 Å². The van der Waals surface area contributed by atoms with Gasteiger partial charge in [-0.05, 0) is 51.8 Å². The van der Waals surface area contributed by atoms with E-state index in [0.717, 1.165) is 70.5 Å². The maximum absolute atomic E-state index is 13.8. The lowest BCUT2D eigenvalue weighted by Crippen LogP contribution is -2.52. The number of likely N-dealkylation sites (N-methyl/N-ethyl adjacent to an activating group) is 1. The number of piperazine rings is 1. The largest absolute Gasteiger partial charge is 0.496 e. The van der Waals surface area contributed by atoms with Crippen molar-refractivity contribution < 1.29 is 22.7 Å². The Morgan fingerprint density at radius 1 is 1.10 bits per heavy atom. The number of fused-ring (bicyclic) bond motifs is 1. The van der Waals surface area contributed by atoms with Crippen molar-refractivity contribution in [2.45, 2.75) is 63.2 Å². The summed E-state index contributed by atoms with van der Waals surface area (Å²) in [7, 11) is 3.71. The molecule has 2 saturated heterocycles. The molecule has 1 saturated carbocycles. The third kappa shape index (κ3) is 5.99. The van der Waals surface area contributed by atoms with Gasteiger partial charge < -0.3 is 19.9 Å². The lowest BCUT2D eigenvalue weighted by molar-refractivity contribution is -0.0687. The number of allylic oxidation sites excluding steroid dienone is 2. The Hall–Kier alpha value is -3.18. The summed E-state index contributed by atoms with van der Waals surface area (Å²) in [5, 5.41) is 3.26. The number of piperidine rings is 1. The van der Waals surface area contributed by atoms with Gasteiger partial charge in [0, 0.05) is 74.8 Å². The fraction of sp³-hybridized carbons (Fsp3) is 0.581. The zero-order valence-electron chi connectivity index (χ0n) is 24.6. The Balaban J connectivity index is 1.17. The molecule has 226 valence electrons. The van der Waals surface area contributed by atoms with Gasteiger partial charge in [0.1, 0.15) is 17.4 Å². The van der Waals surface area contributed by atoms with Crippen molar-refractivity contribution in [3.05, 3.63) is 52.5 Å². The zero-order valence-corrected chi connectivity index (χ0v) is 24.6. The maximum Gasteiger partial charge on any atom is 0.416 e. The van der Waals surface area contributed by atoms with Crippen LogP contribution in [0.15, 0.2) is 24.3 Å². The second-order valence-electron chi connectivity index (χ2n) is 12.4. The van der Waals surface area contributed by atoms with E-state index in [2.05, 4.69) is 32.1 Å². The molecular formula is C31H39F3N6O2. The number of halogens is 3. The molecule has 3 heterocycles. The highest BCUT2D eigenvalue weighted by Gasteiger charge is 2.43. The zero-order chi connectivity index (χ0) is 29.6. The third-order valence-electron chi connectivity index (χ3n) is 9.21. The SMILES string of the molecule is COc1cc(C(=O)N2CCC(N3CCN(C)CC3)CC2)ccc1Cc1nc2c(c(NC3(C)CC3)n1)C(C(F)(F)F)=CC2. The highest BCUT2D eigenvalue weighted by atomic mass is 19.4. The maximum atomic E-state index is 13.8. The molecule has 8 nitrogen and oxygen atoms in total. The van der Waals surface area contributed by atoms with E-state index in [1.165, 1.54) is 6.08 Å². The van der Waals surface area contributed by atoms with Crippen LogP contribution in [0, 0.1) is 0 Å². The van der Waals surface area contributed by atoms with Gasteiger partial charge >= 0.3 is 6.18 Å². The van der Waals surface area contributed by atoms with Crippen LogP contribution in [0.1, 0.15) is 65.6 Å². The first-order chi connectivity index (χ1) is 20.0. The number of nitrogens with zero attached hydrogens (tertiary/aromatic N) is 5. The molecule has 1 amide bonds. The molecule has 11 heteroatoms. The molecule has 2 aliphatic heterocycles. The minimum absolute atomic E-state index is 0.0135. The van der Waals surface area contributed by atoms with Crippen molar-refractivity contribution in [2.24, 2.45) is 0 Å². The number of nitrogens with one attached hydrogen (secondary N) is 1. The summed E-state index contributed by atoms with van der Waals surface area (Å²) in [6.45, 7) is 7.78. The highest BCUT2D eigenvalue weighted by Crippen LogP contribution is 2.45. The molecule has 4 aliphatic rings. The molecule has 42 heavy (non-hydrogen) atoms. The number of carbonyl (C=O) groups excluding carboxylic acids is 1. The number of hydrogen-bond donors (Lipinski definition) is 1. The highest BCUT2D eigenvalue weighted by molar-refractivity contribution is 5.95. The fourth-order valence-electron chi connectivity index (χ4n) is 6.31. The number of methoxy groups -OCH3 is 1. The van der Waals surface area contributed by atoms with Crippen molar-refractivity contribution in [3.8, 4) is 5.75 Å². The Bertz CT molecular complexity index is 1370. The molecular weight excluding hydrogens is 545 g/mol. The number of likely N-dealkylation sites (tertiary alicyclic amines) is 1. The molecule has 0 atom stereocenters. The van der Waals surface area contributed by atoms with E-state index in [1.54, 1.807) is 19.2 Å². The number of benzene rings is 1. The molecule has 2 aliphatic carbocycles. The minimum Gasteiger partial charge on any atom is -0.496 e. The minimum atomic E-state index is -4.47. The first-order valence-corrected chi connectivity index (χ1v) is 14.9. The summed E-state index contributed by atoms with van der Waals surface area (Å²) >= 11 is 0. The molecule has 6 rings (SSSR count). The van der Waals surface area contributed by atoms with Gasteiger partial charge in [0.25, 0.3) is 5.91 Å². The number of hydrogen-bond acceptors (Lipinski definition) is 7. The summed E-state index contributed by atoms with van der Waals surface area (Å²) < 4.78 is 47.0.